The van der Waals surface area contributed by atoms with Gasteiger partial charge in [0.2, 0.25) is 5.91 Å². The van der Waals surface area contributed by atoms with E-state index in [1.807, 2.05) is 0 Å². The Morgan fingerprint density at radius 2 is 1.86 bits per heavy atom. The zero-order chi connectivity index (χ0) is 20.4. The fraction of sp³-hybridized carbons (Fsp3) is 0.500. The number of carboxylic acid groups (broad SMARTS) is 1. The van der Waals surface area contributed by atoms with Crippen molar-refractivity contribution in [3.8, 4) is 11.4 Å². The highest BCUT2D eigenvalue weighted by atomic mass is 16.5. The second-order valence-corrected chi connectivity index (χ2v) is 7.77. The summed E-state index contributed by atoms with van der Waals surface area (Å²) in [6.45, 7) is 0.396. The number of nitrogens with zero attached hydrogens (tertiary/aromatic N) is 2. The van der Waals surface area contributed by atoms with Gasteiger partial charge >= 0.3 is 11.8 Å². The van der Waals surface area contributed by atoms with E-state index >= 15 is 0 Å². The van der Waals surface area contributed by atoms with E-state index in [0.717, 1.165) is 32.1 Å². The van der Waals surface area contributed by atoms with Gasteiger partial charge in [0.25, 0.3) is 0 Å². The van der Waals surface area contributed by atoms with Gasteiger partial charge in [-0.2, -0.15) is 10.1 Å². The van der Waals surface area contributed by atoms with Crippen LogP contribution in [0.1, 0.15) is 38.5 Å². The Kier molecular flexibility index (Phi) is 5.37. The molecule has 9 heteroatoms. The molecule has 154 valence electrons. The first kappa shape index (κ1) is 19.2. The summed E-state index contributed by atoms with van der Waals surface area (Å²) in [6.07, 6.45) is 5.31. The van der Waals surface area contributed by atoms with Gasteiger partial charge in [-0.3, -0.25) is 9.69 Å². The zero-order valence-electron chi connectivity index (χ0n) is 16.0. The molecule has 2 heterocycles. The second-order valence-electron chi connectivity index (χ2n) is 7.77. The van der Waals surface area contributed by atoms with Crippen molar-refractivity contribution in [1.29, 1.82) is 0 Å². The number of anilines is 1. The van der Waals surface area contributed by atoms with Crippen molar-refractivity contribution in [2.45, 2.75) is 44.6 Å². The number of aromatic nitrogens is 2. The first-order valence-corrected chi connectivity index (χ1v) is 9.99. The van der Waals surface area contributed by atoms with Crippen molar-refractivity contribution in [2.75, 3.05) is 11.9 Å². The van der Waals surface area contributed by atoms with Gasteiger partial charge in [-0.05, 0) is 42.5 Å². The van der Waals surface area contributed by atoms with Crippen molar-refractivity contribution < 1.29 is 19.2 Å². The van der Waals surface area contributed by atoms with E-state index in [1.54, 1.807) is 24.3 Å². The van der Waals surface area contributed by atoms with Crippen molar-refractivity contribution in [2.24, 2.45) is 11.8 Å². The Hall–Kier alpha value is -3.10. The summed E-state index contributed by atoms with van der Waals surface area (Å²) in [7, 11) is 0. The molecule has 1 saturated heterocycles. The van der Waals surface area contributed by atoms with Gasteiger partial charge in [-0.25, -0.2) is 9.59 Å². The molecule has 4 rings (SSSR count). The van der Waals surface area contributed by atoms with Gasteiger partial charge in [0, 0.05) is 17.8 Å². The van der Waals surface area contributed by atoms with Crippen LogP contribution in [0.5, 0.6) is 0 Å². The van der Waals surface area contributed by atoms with E-state index in [-0.39, 0.29) is 11.8 Å². The smallest absolute Gasteiger partial charge is 0.460 e. The lowest BCUT2D eigenvalue weighted by Gasteiger charge is -2.32. The maximum atomic E-state index is 13.0. The number of nitrogens with one attached hydrogen (secondary N) is 2. The molecule has 0 radical (unpaired) electrons. The third-order valence-corrected chi connectivity index (χ3v) is 6.08. The van der Waals surface area contributed by atoms with E-state index in [9.17, 15) is 19.5 Å². The minimum absolute atomic E-state index is 0.0610. The molecule has 2 aliphatic rings. The molecule has 1 aromatic carbocycles. The van der Waals surface area contributed by atoms with Crippen molar-refractivity contribution in [1.82, 2.24) is 15.0 Å². The maximum absolute atomic E-state index is 13.0. The highest BCUT2D eigenvalue weighted by molar-refractivity contribution is 5.97. The van der Waals surface area contributed by atoms with E-state index in [4.69, 9.17) is 0 Å². The fourth-order valence-corrected chi connectivity index (χ4v) is 4.70. The number of rotatable bonds is 4. The predicted octanol–water partition coefficient (Wildman–Crippen LogP) is 2.92. The Labute approximate surface area is 167 Å². The van der Waals surface area contributed by atoms with Crippen molar-refractivity contribution in [3.63, 3.8) is 0 Å². The topological polar surface area (TPSA) is 129 Å². The molecule has 2 amide bonds. The fourth-order valence-electron chi connectivity index (χ4n) is 4.70. The van der Waals surface area contributed by atoms with E-state index in [1.165, 1.54) is 11.3 Å². The first-order valence-electron chi connectivity index (χ1n) is 9.99. The van der Waals surface area contributed by atoms with Crippen LogP contribution in [-0.2, 0) is 4.79 Å². The molecule has 2 atom stereocenters. The third-order valence-electron chi connectivity index (χ3n) is 6.08. The molecule has 0 spiro atoms. The Morgan fingerprint density at radius 3 is 2.48 bits per heavy atom. The van der Waals surface area contributed by atoms with Crippen LogP contribution in [0.2, 0.25) is 0 Å². The number of carbonyl (C=O) groups excluding carboxylic acids is 1. The van der Waals surface area contributed by atoms with Crippen LogP contribution in [0.3, 0.4) is 0 Å². The number of benzene rings is 1. The van der Waals surface area contributed by atoms with Crippen LogP contribution in [-0.4, -0.2) is 44.7 Å². The van der Waals surface area contributed by atoms with E-state index in [0.29, 0.717) is 29.5 Å². The average Bonchev–Trinajstić information content (AvgIpc) is 3.36. The summed E-state index contributed by atoms with van der Waals surface area (Å²) >= 11 is 0. The normalized spacial score (nSPS) is 22.6. The summed E-state index contributed by atoms with van der Waals surface area (Å²) in [5, 5.41) is 14.9. The largest absolute Gasteiger partial charge is 0.465 e. The molecule has 9 nitrogen and oxygen atoms in total. The lowest BCUT2D eigenvalue weighted by Crippen LogP contribution is -2.47. The quantitative estimate of drug-likeness (QED) is 0.724. The van der Waals surface area contributed by atoms with E-state index < -0.39 is 17.9 Å². The van der Waals surface area contributed by atoms with Gasteiger partial charge in [0.1, 0.15) is 6.04 Å². The van der Waals surface area contributed by atoms with E-state index in [2.05, 4.69) is 20.0 Å². The highest BCUT2D eigenvalue weighted by Gasteiger charge is 2.45. The number of carbonyl (C=O) groups is 2. The molecule has 2 fully saturated rings. The molecule has 1 aliphatic carbocycles. The number of likely N-dealkylation sites (tertiary alicyclic amines) is 1. The zero-order valence-corrected chi connectivity index (χ0v) is 16.0. The second kappa shape index (κ2) is 8.10. The molecular formula is C20H24N4O5. The number of H-pyrrole nitrogens is 1. The average molecular weight is 400 g/mol. The number of amides is 2. The monoisotopic (exact) mass is 400 g/mol. The van der Waals surface area contributed by atoms with Crippen LogP contribution >= 0.6 is 0 Å². The maximum Gasteiger partial charge on any atom is 0.460 e. The molecule has 1 aromatic heterocycles. The van der Waals surface area contributed by atoms with Gasteiger partial charge in [0.15, 0.2) is 5.82 Å². The minimum Gasteiger partial charge on any atom is -0.465 e. The molecule has 0 unspecified atom stereocenters. The summed E-state index contributed by atoms with van der Waals surface area (Å²) < 4.78 is 4.56. The molecular weight excluding hydrogens is 376 g/mol. The third kappa shape index (κ3) is 4.03. The highest BCUT2D eigenvalue weighted by Crippen LogP contribution is 2.39. The molecule has 1 aliphatic heterocycles. The Morgan fingerprint density at radius 1 is 1.14 bits per heavy atom. The Balaban J connectivity index is 1.49. The molecule has 29 heavy (non-hydrogen) atoms. The summed E-state index contributed by atoms with van der Waals surface area (Å²) in [4.78, 5) is 40.8. The molecule has 1 saturated carbocycles. The molecule has 0 bridgehead atoms. The van der Waals surface area contributed by atoms with Gasteiger partial charge in [-0.1, -0.05) is 32.1 Å². The van der Waals surface area contributed by atoms with Crippen molar-refractivity contribution in [3.05, 3.63) is 34.8 Å². The van der Waals surface area contributed by atoms with Gasteiger partial charge in [-0.15, -0.1) is 0 Å². The van der Waals surface area contributed by atoms with Gasteiger partial charge < -0.3 is 14.9 Å². The summed E-state index contributed by atoms with van der Waals surface area (Å²) in [6, 6.07) is 6.12. The lowest BCUT2D eigenvalue weighted by atomic mass is 9.76. The molecule has 2 aromatic rings. The number of aromatic amines is 1. The predicted molar refractivity (Wildman–Crippen MR) is 104 cm³/mol. The van der Waals surface area contributed by atoms with Gasteiger partial charge in [0.05, 0.1) is 0 Å². The summed E-state index contributed by atoms with van der Waals surface area (Å²) in [5.74, 6) is -0.233. The van der Waals surface area contributed by atoms with Crippen LogP contribution in [0.25, 0.3) is 11.4 Å². The SMILES string of the molecule is O=C(Nc1ccc(-c2nc(=O)o[nH]2)cc1)[C@@H]1[C@H](C2CCCCC2)CCN1C(=O)O. The minimum atomic E-state index is -1.05. The van der Waals surface area contributed by atoms with Crippen LogP contribution < -0.4 is 11.1 Å². The summed E-state index contributed by atoms with van der Waals surface area (Å²) in [5.41, 5.74) is 1.20. The lowest BCUT2D eigenvalue weighted by molar-refractivity contribution is -0.121. The Bertz CT molecular complexity index is 929. The first-order chi connectivity index (χ1) is 14.0. The molecule has 3 N–H and O–H groups in total. The standard InChI is InChI=1S/C20H24N4O5/c25-18(21-14-8-6-13(7-9-14)17-22-19(26)29-23-17)16-15(10-11-24(16)20(27)28)12-4-2-1-3-5-12/h6-9,12,15-16H,1-5,10-11H2,(H,21,25)(H,27,28)(H,22,23,26)/t15-,16-/m0/s1. The van der Waals surface area contributed by atoms with Crippen LogP contribution in [0, 0.1) is 11.8 Å². The van der Waals surface area contributed by atoms with Crippen molar-refractivity contribution >= 4 is 17.7 Å². The van der Waals surface area contributed by atoms with Crippen LogP contribution in [0.4, 0.5) is 10.5 Å². The number of hydrogen-bond donors (Lipinski definition) is 3. The number of hydrogen-bond acceptors (Lipinski definition) is 5. The van der Waals surface area contributed by atoms with Crippen LogP contribution in [0.15, 0.2) is 33.6 Å².